The summed E-state index contributed by atoms with van der Waals surface area (Å²) in [5.41, 5.74) is 3.44. The maximum Gasteiger partial charge on any atom is 0.124 e. The Labute approximate surface area is 130 Å². The Kier molecular flexibility index (Phi) is 3.42. The van der Waals surface area contributed by atoms with E-state index in [9.17, 15) is 0 Å². The summed E-state index contributed by atoms with van der Waals surface area (Å²) in [6.07, 6.45) is 7.52. The van der Waals surface area contributed by atoms with E-state index in [2.05, 4.69) is 44.7 Å². The molecule has 1 N–H and O–H groups in total. The molecule has 3 heterocycles. The highest BCUT2D eigenvalue weighted by atomic mass is 15.2. The number of imidazole rings is 2. The second-order valence-electron chi connectivity index (χ2n) is 6.12. The van der Waals surface area contributed by atoms with Gasteiger partial charge in [0, 0.05) is 19.8 Å². The van der Waals surface area contributed by atoms with Crippen LogP contribution in [0.5, 0.6) is 0 Å². The number of piperidine rings is 1. The minimum atomic E-state index is 0.371. The van der Waals surface area contributed by atoms with E-state index in [0.29, 0.717) is 6.04 Å². The monoisotopic (exact) mass is 295 g/mol. The average Bonchev–Trinajstić information content (AvgIpc) is 3.14. The molecule has 22 heavy (non-hydrogen) atoms. The van der Waals surface area contributed by atoms with Gasteiger partial charge in [-0.25, -0.2) is 9.97 Å². The molecule has 0 aliphatic carbocycles. The summed E-state index contributed by atoms with van der Waals surface area (Å²) in [5.74, 6) is 1.10. The molecule has 5 nitrogen and oxygen atoms in total. The zero-order chi connectivity index (χ0) is 14.9. The highest BCUT2D eigenvalue weighted by molar-refractivity contribution is 5.74. The van der Waals surface area contributed by atoms with Gasteiger partial charge in [-0.15, -0.1) is 0 Å². The molecule has 0 bridgehead atoms. The Morgan fingerprint density at radius 3 is 3.00 bits per heavy atom. The SMILES string of the molecule is Cn1cncc1CN1CCCC[C@@H]1c1nc2ccccc2[nH]1. The van der Waals surface area contributed by atoms with Crippen molar-refractivity contribution in [3.05, 3.63) is 48.3 Å². The fourth-order valence-electron chi connectivity index (χ4n) is 3.37. The van der Waals surface area contributed by atoms with Gasteiger partial charge in [-0.2, -0.15) is 0 Å². The predicted molar refractivity (Wildman–Crippen MR) is 86.3 cm³/mol. The van der Waals surface area contributed by atoms with Crippen LogP contribution >= 0.6 is 0 Å². The van der Waals surface area contributed by atoms with Crippen LogP contribution in [0.15, 0.2) is 36.8 Å². The summed E-state index contributed by atoms with van der Waals surface area (Å²) in [4.78, 5) is 15.1. The van der Waals surface area contributed by atoms with Crippen molar-refractivity contribution in [2.75, 3.05) is 6.54 Å². The van der Waals surface area contributed by atoms with E-state index in [1.54, 1.807) is 0 Å². The molecule has 1 aliphatic rings. The van der Waals surface area contributed by atoms with Gasteiger partial charge in [0.25, 0.3) is 0 Å². The Hall–Kier alpha value is -2.14. The quantitative estimate of drug-likeness (QED) is 0.808. The van der Waals surface area contributed by atoms with Crippen LogP contribution in [0, 0.1) is 0 Å². The highest BCUT2D eigenvalue weighted by Crippen LogP contribution is 2.31. The topological polar surface area (TPSA) is 49.7 Å². The van der Waals surface area contributed by atoms with Crippen LogP contribution in [0.4, 0.5) is 0 Å². The summed E-state index contributed by atoms with van der Waals surface area (Å²) < 4.78 is 2.10. The fourth-order valence-corrected chi connectivity index (χ4v) is 3.37. The average molecular weight is 295 g/mol. The van der Waals surface area contributed by atoms with Crippen LogP contribution < -0.4 is 0 Å². The maximum absolute atomic E-state index is 4.82. The summed E-state index contributed by atoms with van der Waals surface area (Å²) >= 11 is 0. The van der Waals surface area contributed by atoms with Crippen LogP contribution in [0.1, 0.15) is 36.8 Å². The van der Waals surface area contributed by atoms with E-state index in [0.717, 1.165) is 36.4 Å². The van der Waals surface area contributed by atoms with Gasteiger partial charge >= 0.3 is 0 Å². The number of benzene rings is 1. The molecule has 2 aromatic heterocycles. The van der Waals surface area contributed by atoms with Crippen LogP contribution in [-0.4, -0.2) is 31.0 Å². The van der Waals surface area contributed by atoms with Crippen molar-refractivity contribution in [3.8, 4) is 0 Å². The number of nitrogens with zero attached hydrogens (tertiary/aromatic N) is 4. The van der Waals surface area contributed by atoms with E-state index >= 15 is 0 Å². The summed E-state index contributed by atoms with van der Waals surface area (Å²) in [6, 6.07) is 8.64. The minimum Gasteiger partial charge on any atom is -0.341 e. The standard InChI is InChI=1S/C17H21N5/c1-21-12-18-10-13(21)11-22-9-5-4-8-16(22)17-19-14-6-2-3-7-15(14)20-17/h2-3,6-7,10,12,16H,4-5,8-9,11H2,1H3,(H,19,20)/t16-/m1/s1. The van der Waals surface area contributed by atoms with E-state index in [1.165, 1.54) is 18.5 Å². The summed E-state index contributed by atoms with van der Waals surface area (Å²) in [6.45, 7) is 2.05. The zero-order valence-corrected chi connectivity index (χ0v) is 12.9. The molecule has 3 aromatic rings. The Morgan fingerprint density at radius 1 is 1.27 bits per heavy atom. The minimum absolute atomic E-state index is 0.371. The first-order valence-electron chi connectivity index (χ1n) is 7.95. The van der Waals surface area contributed by atoms with Gasteiger partial charge in [-0.3, -0.25) is 4.90 Å². The van der Waals surface area contributed by atoms with Crippen LogP contribution in [-0.2, 0) is 13.6 Å². The lowest BCUT2D eigenvalue weighted by molar-refractivity contribution is 0.132. The van der Waals surface area contributed by atoms with Crippen molar-refractivity contribution in [1.82, 2.24) is 24.4 Å². The van der Waals surface area contributed by atoms with Gasteiger partial charge in [0.1, 0.15) is 5.82 Å². The third kappa shape index (κ3) is 2.41. The van der Waals surface area contributed by atoms with E-state index in [-0.39, 0.29) is 0 Å². The smallest absolute Gasteiger partial charge is 0.124 e. The number of aromatic nitrogens is 4. The van der Waals surface area contributed by atoms with E-state index < -0.39 is 0 Å². The molecule has 1 atom stereocenters. The number of aromatic amines is 1. The van der Waals surface area contributed by atoms with E-state index in [4.69, 9.17) is 4.98 Å². The molecule has 114 valence electrons. The zero-order valence-electron chi connectivity index (χ0n) is 12.9. The molecule has 1 saturated heterocycles. The number of rotatable bonds is 3. The third-order valence-corrected chi connectivity index (χ3v) is 4.62. The molecule has 0 radical (unpaired) electrons. The van der Waals surface area contributed by atoms with Crippen LogP contribution in [0.25, 0.3) is 11.0 Å². The Balaban J connectivity index is 1.63. The van der Waals surface area contributed by atoms with Crippen molar-refractivity contribution in [1.29, 1.82) is 0 Å². The Morgan fingerprint density at radius 2 is 2.18 bits per heavy atom. The van der Waals surface area contributed by atoms with Gasteiger partial charge in [0.2, 0.25) is 0 Å². The first-order valence-corrected chi connectivity index (χ1v) is 7.95. The van der Waals surface area contributed by atoms with E-state index in [1.807, 2.05) is 18.6 Å². The molecule has 0 saturated carbocycles. The largest absolute Gasteiger partial charge is 0.341 e. The van der Waals surface area contributed by atoms with Gasteiger partial charge in [-0.1, -0.05) is 18.6 Å². The van der Waals surface area contributed by atoms with Crippen molar-refractivity contribution < 1.29 is 0 Å². The molecule has 0 amide bonds. The van der Waals surface area contributed by atoms with Gasteiger partial charge < -0.3 is 9.55 Å². The molecule has 0 unspecified atom stereocenters. The number of nitrogens with one attached hydrogen (secondary N) is 1. The number of hydrogen-bond acceptors (Lipinski definition) is 3. The first-order chi connectivity index (χ1) is 10.8. The van der Waals surface area contributed by atoms with Gasteiger partial charge in [-0.05, 0) is 31.5 Å². The number of hydrogen-bond donors (Lipinski definition) is 1. The number of fused-ring (bicyclic) bond motifs is 1. The van der Waals surface area contributed by atoms with Crippen LogP contribution in [0.2, 0.25) is 0 Å². The van der Waals surface area contributed by atoms with Crippen molar-refractivity contribution >= 4 is 11.0 Å². The van der Waals surface area contributed by atoms with Crippen molar-refractivity contribution in [3.63, 3.8) is 0 Å². The van der Waals surface area contributed by atoms with Gasteiger partial charge in [0.15, 0.2) is 0 Å². The molecule has 1 fully saturated rings. The summed E-state index contributed by atoms with van der Waals surface area (Å²) in [7, 11) is 2.06. The Bertz CT molecular complexity index is 739. The van der Waals surface area contributed by atoms with Crippen LogP contribution in [0.3, 0.4) is 0 Å². The lowest BCUT2D eigenvalue weighted by Gasteiger charge is -2.34. The second-order valence-corrected chi connectivity index (χ2v) is 6.12. The lowest BCUT2D eigenvalue weighted by atomic mass is 10.0. The molecule has 0 spiro atoms. The number of H-pyrrole nitrogens is 1. The number of likely N-dealkylation sites (tertiary alicyclic amines) is 1. The predicted octanol–water partition coefficient (Wildman–Crippen LogP) is 3.02. The lowest BCUT2D eigenvalue weighted by Crippen LogP contribution is -2.34. The molecular weight excluding hydrogens is 274 g/mol. The summed E-state index contributed by atoms with van der Waals surface area (Å²) in [5, 5.41) is 0. The van der Waals surface area contributed by atoms with Gasteiger partial charge in [0.05, 0.1) is 29.1 Å². The third-order valence-electron chi connectivity index (χ3n) is 4.62. The molecular formula is C17H21N5. The normalized spacial score (nSPS) is 19.8. The van der Waals surface area contributed by atoms with Crippen molar-refractivity contribution in [2.45, 2.75) is 31.8 Å². The molecule has 1 aromatic carbocycles. The highest BCUT2D eigenvalue weighted by Gasteiger charge is 2.27. The molecule has 4 rings (SSSR count). The second kappa shape index (κ2) is 5.57. The fraction of sp³-hybridized carbons (Fsp3) is 0.412. The number of para-hydroxylation sites is 2. The first kappa shape index (κ1) is 13.5. The van der Waals surface area contributed by atoms with Crippen molar-refractivity contribution in [2.24, 2.45) is 7.05 Å². The molecule has 5 heteroatoms. The molecule has 1 aliphatic heterocycles. The number of aryl methyl sites for hydroxylation is 1. The maximum atomic E-state index is 4.82.